The highest BCUT2D eigenvalue weighted by atomic mass is 14.9. The molecule has 0 aliphatic heterocycles. The van der Waals surface area contributed by atoms with Crippen molar-refractivity contribution in [2.24, 2.45) is 0 Å². The van der Waals surface area contributed by atoms with Gasteiger partial charge in [-0.2, -0.15) is 0 Å². The van der Waals surface area contributed by atoms with Crippen LogP contribution in [0.25, 0.3) is 0 Å². The Morgan fingerprint density at radius 1 is 1.31 bits per heavy atom. The molecule has 0 heterocycles. The van der Waals surface area contributed by atoms with E-state index in [1.807, 2.05) is 0 Å². The van der Waals surface area contributed by atoms with Crippen LogP contribution in [-0.2, 0) is 0 Å². The minimum Gasteiger partial charge on any atom is -0.307 e. The molecule has 88 valence electrons. The highest BCUT2D eigenvalue weighted by molar-refractivity contribution is 5.34. The molecular formula is C15H23N. The molecule has 0 amide bonds. The second-order valence-electron chi connectivity index (χ2n) is 4.58. The SMILES string of the molecule is C=C(C)C(NCCC)c1ccc(C)c(C)c1. The van der Waals surface area contributed by atoms with E-state index in [0.717, 1.165) is 13.0 Å². The Morgan fingerprint density at radius 2 is 2.00 bits per heavy atom. The summed E-state index contributed by atoms with van der Waals surface area (Å²) in [5.41, 5.74) is 5.20. The fourth-order valence-corrected chi connectivity index (χ4v) is 1.81. The van der Waals surface area contributed by atoms with Crippen molar-refractivity contribution in [2.45, 2.75) is 40.2 Å². The van der Waals surface area contributed by atoms with Crippen molar-refractivity contribution in [1.29, 1.82) is 0 Å². The number of nitrogens with one attached hydrogen (secondary N) is 1. The number of aryl methyl sites for hydroxylation is 2. The van der Waals surface area contributed by atoms with Crippen molar-refractivity contribution in [2.75, 3.05) is 6.54 Å². The third-order valence-electron chi connectivity index (χ3n) is 2.96. The Labute approximate surface area is 99.6 Å². The van der Waals surface area contributed by atoms with Crippen LogP contribution in [0.5, 0.6) is 0 Å². The highest BCUT2D eigenvalue weighted by Gasteiger charge is 2.11. The average molecular weight is 217 g/mol. The third-order valence-corrected chi connectivity index (χ3v) is 2.96. The summed E-state index contributed by atoms with van der Waals surface area (Å²) < 4.78 is 0. The molecule has 0 aromatic heterocycles. The van der Waals surface area contributed by atoms with Gasteiger partial charge in [-0.1, -0.05) is 37.3 Å². The lowest BCUT2D eigenvalue weighted by atomic mass is 9.97. The molecule has 1 atom stereocenters. The van der Waals surface area contributed by atoms with Crippen LogP contribution in [0.2, 0.25) is 0 Å². The van der Waals surface area contributed by atoms with Gasteiger partial charge in [0.25, 0.3) is 0 Å². The Balaban J connectivity index is 2.92. The summed E-state index contributed by atoms with van der Waals surface area (Å²) in [6.45, 7) is 13.7. The molecule has 1 rings (SSSR count). The predicted octanol–water partition coefficient (Wildman–Crippen LogP) is 3.92. The highest BCUT2D eigenvalue weighted by Crippen LogP contribution is 2.22. The fraction of sp³-hybridized carbons (Fsp3) is 0.467. The van der Waals surface area contributed by atoms with E-state index in [9.17, 15) is 0 Å². The fourth-order valence-electron chi connectivity index (χ4n) is 1.81. The quantitative estimate of drug-likeness (QED) is 0.737. The van der Waals surface area contributed by atoms with Gasteiger partial charge in [0.1, 0.15) is 0 Å². The van der Waals surface area contributed by atoms with E-state index in [4.69, 9.17) is 0 Å². The van der Waals surface area contributed by atoms with Crippen molar-refractivity contribution < 1.29 is 0 Å². The van der Waals surface area contributed by atoms with Gasteiger partial charge in [-0.05, 0) is 50.4 Å². The molecule has 1 aromatic carbocycles. The first-order valence-electron chi connectivity index (χ1n) is 6.02. The van der Waals surface area contributed by atoms with Crippen LogP contribution in [0.4, 0.5) is 0 Å². The van der Waals surface area contributed by atoms with Crippen LogP contribution in [0.15, 0.2) is 30.4 Å². The van der Waals surface area contributed by atoms with Gasteiger partial charge in [0.2, 0.25) is 0 Å². The number of hydrogen-bond donors (Lipinski definition) is 1. The maximum atomic E-state index is 4.07. The lowest BCUT2D eigenvalue weighted by Crippen LogP contribution is -2.22. The molecule has 1 N–H and O–H groups in total. The first-order valence-corrected chi connectivity index (χ1v) is 6.02. The molecule has 1 unspecified atom stereocenters. The van der Waals surface area contributed by atoms with Crippen molar-refractivity contribution >= 4 is 0 Å². The Bertz CT molecular complexity index is 366. The first-order chi connectivity index (χ1) is 7.56. The predicted molar refractivity (Wildman–Crippen MR) is 71.8 cm³/mol. The van der Waals surface area contributed by atoms with Crippen LogP contribution < -0.4 is 5.32 Å². The summed E-state index contributed by atoms with van der Waals surface area (Å²) in [4.78, 5) is 0. The molecule has 0 saturated carbocycles. The third kappa shape index (κ3) is 3.21. The Morgan fingerprint density at radius 3 is 2.50 bits per heavy atom. The molecule has 16 heavy (non-hydrogen) atoms. The maximum absolute atomic E-state index is 4.07. The molecule has 0 aliphatic rings. The van der Waals surface area contributed by atoms with E-state index < -0.39 is 0 Å². The van der Waals surface area contributed by atoms with Gasteiger partial charge in [0.15, 0.2) is 0 Å². The lowest BCUT2D eigenvalue weighted by Gasteiger charge is -2.20. The van der Waals surface area contributed by atoms with E-state index in [1.54, 1.807) is 0 Å². The zero-order valence-corrected chi connectivity index (χ0v) is 10.9. The molecule has 0 radical (unpaired) electrons. The summed E-state index contributed by atoms with van der Waals surface area (Å²) in [5, 5.41) is 3.53. The summed E-state index contributed by atoms with van der Waals surface area (Å²) in [6, 6.07) is 6.94. The van der Waals surface area contributed by atoms with Crippen LogP contribution in [0, 0.1) is 13.8 Å². The summed E-state index contributed by atoms with van der Waals surface area (Å²) >= 11 is 0. The molecule has 0 spiro atoms. The summed E-state index contributed by atoms with van der Waals surface area (Å²) in [5.74, 6) is 0. The van der Waals surface area contributed by atoms with Gasteiger partial charge in [0, 0.05) is 0 Å². The largest absolute Gasteiger partial charge is 0.307 e. The molecule has 0 bridgehead atoms. The van der Waals surface area contributed by atoms with E-state index in [1.165, 1.54) is 22.3 Å². The second kappa shape index (κ2) is 5.86. The van der Waals surface area contributed by atoms with Gasteiger partial charge in [-0.15, -0.1) is 0 Å². The van der Waals surface area contributed by atoms with Crippen molar-refractivity contribution in [3.8, 4) is 0 Å². The normalized spacial score (nSPS) is 12.5. The number of rotatable bonds is 5. The standard InChI is InChI=1S/C15H23N/c1-6-9-16-15(11(2)3)14-8-7-12(4)13(5)10-14/h7-8,10,15-16H,2,6,9H2,1,3-5H3. The minimum absolute atomic E-state index is 0.291. The van der Waals surface area contributed by atoms with Crippen LogP contribution in [0.1, 0.15) is 43.0 Å². The maximum Gasteiger partial charge on any atom is 0.0530 e. The minimum atomic E-state index is 0.291. The van der Waals surface area contributed by atoms with Gasteiger partial charge in [-0.3, -0.25) is 0 Å². The molecule has 1 nitrogen and oxygen atoms in total. The zero-order chi connectivity index (χ0) is 12.1. The Kier molecular flexibility index (Phi) is 4.75. The van der Waals surface area contributed by atoms with Crippen LogP contribution in [0.3, 0.4) is 0 Å². The van der Waals surface area contributed by atoms with Crippen LogP contribution in [-0.4, -0.2) is 6.54 Å². The molecule has 1 heteroatoms. The van der Waals surface area contributed by atoms with Crippen molar-refractivity contribution in [3.63, 3.8) is 0 Å². The molecule has 0 saturated heterocycles. The average Bonchev–Trinajstić information content (AvgIpc) is 2.23. The molecule has 1 aromatic rings. The Hall–Kier alpha value is -1.08. The van der Waals surface area contributed by atoms with Gasteiger partial charge in [0.05, 0.1) is 6.04 Å². The van der Waals surface area contributed by atoms with Crippen LogP contribution >= 0.6 is 0 Å². The number of benzene rings is 1. The van der Waals surface area contributed by atoms with E-state index >= 15 is 0 Å². The van der Waals surface area contributed by atoms with Gasteiger partial charge >= 0.3 is 0 Å². The topological polar surface area (TPSA) is 12.0 Å². The van der Waals surface area contributed by atoms with E-state index in [2.05, 4.69) is 57.8 Å². The molecular weight excluding hydrogens is 194 g/mol. The smallest absolute Gasteiger partial charge is 0.0530 e. The molecule has 0 aliphatic carbocycles. The van der Waals surface area contributed by atoms with Crippen molar-refractivity contribution in [1.82, 2.24) is 5.32 Å². The molecule has 0 fully saturated rings. The second-order valence-corrected chi connectivity index (χ2v) is 4.58. The van der Waals surface area contributed by atoms with Gasteiger partial charge in [-0.25, -0.2) is 0 Å². The van der Waals surface area contributed by atoms with E-state index in [0.29, 0.717) is 6.04 Å². The monoisotopic (exact) mass is 217 g/mol. The first kappa shape index (κ1) is 13.0. The zero-order valence-electron chi connectivity index (χ0n) is 10.9. The number of hydrogen-bond acceptors (Lipinski definition) is 1. The van der Waals surface area contributed by atoms with E-state index in [-0.39, 0.29) is 0 Å². The van der Waals surface area contributed by atoms with Gasteiger partial charge < -0.3 is 5.32 Å². The van der Waals surface area contributed by atoms with Crippen molar-refractivity contribution in [3.05, 3.63) is 47.0 Å². The lowest BCUT2D eigenvalue weighted by molar-refractivity contribution is 0.591. The summed E-state index contributed by atoms with van der Waals surface area (Å²) in [7, 11) is 0. The summed E-state index contributed by atoms with van der Waals surface area (Å²) in [6.07, 6.45) is 1.15.